The minimum absolute atomic E-state index is 0.772. The van der Waals surface area contributed by atoms with Gasteiger partial charge in [-0.3, -0.25) is 0 Å². The number of rotatable bonds is 10. The number of hydrogen-bond acceptors (Lipinski definition) is 0. The first kappa shape index (κ1) is 17.7. The van der Waals surface area contributed by atoms with Crippen LogP contribution in [0.25, 0.3) is 0 Å². The average molecular weight is 391 g/mol. The summed E-state index contributed by atoms with van der Waals surface area (Å²) in [6.07, 6.45) is 11.2. The van der Waals surface area contributed by atoms with E-state index in [0.717, 1.165) is 4.29 Å². The molecule has 0 aromatic heterocycles. The first-order chi connectivity index (χ1) is 7.42. The van der Waals surface area contributed by atoms with E-state index in [0.29, 0.717) is 0 Å². The molecule has 0 saturated carbocycles. The molecule has 0 saturated heterocycles. The Kier molecular flexibility index (Phi) is 11.8. The zero-order valence-electron chi connectivity index (χ0n) is 10.8. The van der Waals surface area contributed by atoms with Gasteiger partial charge < -0.3 is 0 Å². The van der Waals surface area contributed by atoms with Gasteiger partial charge in [-0.25, -0.2) is 0 Å². The van der Waals surface area contributed by atoms with Crippen molar-refractivity contribution in [2.45, 2.75) is 70.4 Å². The largest absolute Gasteiger partial charge is 0.239 e. The molecular weight excluding hydrogens is 364 g/mol. The van der Waals surface area contributed by atoms with Crippen LogP contribution in [0.1, 0.15) is 44.9 Å². The first-order valence-corrected chi connectivity index (χ1v) is 12.6. The van der Waals surface area contributed by atoms with E-state index < -0.39 is 7.38 Å². The zero-order chi connectivity index (χ0) is 12.4. The van der Waals surface area contributed by atoms with Gasteiger partial charge in [0.2, 0.25) is 4.29 Å². The summed E-state index contributed by atoms with van der Waals surface area (Å²) in [5.74, 6) is 0. The molecule has 0 aromatic carbocycles. The van der Waals surface area contributed by atoms with Crippen molar-refractivity contribution in [1.29, 1.82) is 0 Å². The highest BCUT2D eigenvalue weighted by atomic mass is 127. The summed E-state index contributed by atoms with van der Waals surface area (Å²) < 4.78 is 0.772. The zero-order valence-corrected chi connectivity index (χ0v) is 15.8. The highest BCUT2D eigenvalue weighted by molar-refractivity contribution is 14.1. The maximum Gasteiger partial charge on any atom is 0.239 e. The first-order valence-electron chi connectivity index (χ1n) is 6.50. The van der Waals surface area contributed by atoms with E-state index in [2.05, 4.69) is 44.6 Å². The van der Waals surface area contributed by atoms with Crippen molar-refractivity contribution in [3.05, 3.63) is 0 Å². The molecule has 1 atom stereocenters. The summed E-state index contributed by atoms with van der Waals surface area (Å²) in [7, 11) is 1.59. The van der Waals surface area contributed by atoms with Crippen molar-refractivity contribution >= 4 is 54.2 Å². The van der Waals surface area contributed by atoms with E-state index in [1.54, 1.807) is 0 Å². The van der Waals surface area contributed by atoms with Crippen LogP contribution in [0.4, 0.5) is 0 Å². The lowest BCUT2D eigenvalue weighted by atomic mass is 9.96. The molecule has 0 aliphatic rings. The van der Waals surface area contributed by atoms with Gasteiger partial charge in [0.15, 0.2) is 0 Å². The van der Waals surface area contributed by atoms with Gasteiger partial charge >= 0.3 is 0 Å². The molecule has 0 aliphatic heterocycles. The van der Waals surface area contributed by atoms with E-state index in [1.165, 1.54) is 57.3 Å². The lowest BCUT2D eigenvalue weighted by Crippen LogP contribution is -2.14. The Balaban J connectivity index is 3.05. The van der Waals surface area contributed by atoms with Crippen LogP contribution in [0.5, 0.6) is 0 Å². The number of unbranched alkanes of at least 4 members (excludes halogenated alkanes) is 6. The van der Waals surface area contributed by atoms with Crippen molar-refractivity contribution < 1.29 is 0 Å². The molecule has 0 aromatic rings. The highest BCUT2D eigenvalue weighted by Crippen LogP contribution is 2.20. The van der Waals surface area contributed by atoms with Gasteiger partial charge in [-0.2, -0.15) is 20.2 Å². The molecule has 0 heterocycles. The molecule has 0 spiro atoms. The van der Waals surface area contributed by atoms with E-state index >= 15 is 0 Å². The third-order valence-electron chi connectivity index (χ3n) is 2.75. The summed E-state index contributed by atoms with van der Waals surface area (Å²) in [5, 5.41) is 0. The second-order valence-corrected chi connectivity index (χ2v) is 16.0. The van der Waals surface area contributed by atoms with Gasteiger partial charge in [0.25, 0.3) is 0 Å². The Hall–Kier alpha value is 1.73. The average Bonchev–Trinajstić information content (AvgIpc) is 2.13. The molecule has 0 nitrogen and oxygen atoms in total. The molecule has 1 unspecified atom stereocenters. The molecule has 5 heteroatoms. The van der Waals surface area contributed by atoms with E-state index in [9.17, 15) is 0 Å². The number of halogens is 2. The van der Waals surface area contributed by atoms with Crippen LogP contribution in [0, 0.1) is 0 Å². The lowest BCUT2D eigenvalue weighted by molar-refractivity contribution is 0.600. The number of hydrogen-bond donors (Lipinski definition) is 0. The minimum atomic E-state index is -1.28. The van der Waals surface area contributed by atoms with Crippen molar-refractivity contribution in [3.8, 4) is 0 Å². The molecule has 0 fully saturated rings. The SMILES string of the molecule is C[Si](C)(Cl)CCCCCCCCCB(P)I. The Morgan fingerprint density at radius 3 is 1.88 bits per heavy atom. The maximum absolute atomic E-state index is 6.28. The normalized spacial score (nSPS) is 11.8. The lowest BCUT2D eigenvalue weighted by Gasteiger charge is -2.11. The van der Waals surface area contributed by atoms with Gasteiger partial charge in [0.1, 0.15) is 7.38 Å². The monoisotopic (exact) mass is 390 g/mol. The quantitative estimate of drug-likeness (QED) is 0.142. The van der Waals surface area contributed by atoms with E-state index in [1.807, 2.05) is 0 Å². The summed E-state index contributed by atoms with van der Waals surface area (Å²) in [5.41, 5.74) is 0. The molecule has 96 valence electrons. The topological polar surface area (TPSA) is 0 Å². The van der Waals surface area contributed by atoms with Gasteiger partial charge in [0, 0.05) is 0 Å². The molecule has 16 heavy (non-hydrogen) atoms. The highest BCUT2D eigenvalue weighted by Gasteiger charge is 2.15. The third kappa shape index (κ3) is 15.7. The van der Waals surface area contributed by atoms with Crippen LogP contribution < -0.4 is 0 Å². The predicted octanol–water partition coefficient (Wildman–Crippen LogP) is 5.96. The van der Waals surface area contributed by atoms with Crippen LogP contribution in [0.2, 0.25) is 25.5 Å². The summed E-state index contributed by atoms with van der Waals surface area (Å²) >= 11 is 8.76. The maximum atomic E-state index is 6.28. The molecule has 0 aliphatic carbocycles. The van der Waals surface area contributed by atoms with Crippen molar-refractivity contribution in [3.63, 3.8) is 0 Å². The van der Waals surface area contributed by atoms with Gasteiger partial charge in [-0.1, -0.05) is 64.4 Å². The minimum Gasteiger partial charge on any atom is -0.168 e. The van der Waals surface area contributed by atoms with E-state index in [-0.39, 0.29) is 0 Å². The van der Waals surface area contributed by atoms with E-state index in [4.69, 9.17) is 11.1 Å². The summed E-state index contributed by atoms with van der Waals surface area (Å²) in [6.45, 7) is 4.50. The van der Waals surface area contributed by atoms with Crippen LogP contribution in [-0.4, -0.2) is 11.7 Å². The van der Waals surface area contributed by atoms with Crippen molar-refractivity contribution in [2.24, 2.45) is 0 Å². The summed E-state index contributed by atoms with van der Waals surface area (Å²) in [6, 6.07) is 1.29. The van der Waals surface area contributed by atoms with Crippen LogP contribution in [0.15, 0.2) is 0 Å². The fraction of sp³-hybridized carbons (Fsp3) is 1.00. The predicted molar refractivity (Wildman–Crippen MR) is 94.8 cm³/mol. The Morgan fingerprint density at radius 2 is 1.44 bits per heavy atom. The molecular formula is C11H26BClIPSi. The molecule has 0 bridgehead atoms. The third-order valence-corrected chi connectivity index (χ3v) is 5.82. The fourth-order valence-electron chi connectivity index (χ4n) is 1.77. The molecule has 0 N–H and O–H groups in total. The molecule has 0 rings (SSSR count). The molecule has 0 radical (unpaired) electrons. The van der Waals surface area contributed by atoms with Gasteiger partial charge in [0.05, 0.1) is 0 Å². The van der Waals surface area contributed by atoms with Crippen molar-refractivity contribution in [2.75, 3.05) is 0 Å². The van der Waals surface area contributed by atoms with Crippen LogP contribution >= 0.6 is 42.6 Å². The Bertz CT molecular complexity index is 165. The Morgan fingerprint density at radius 1 is 1.00 bits per heavy atom. The summed E-state index contributed by atoms with van der Waals surface area (Å²) in [4.78, 5) is 0. The second-order valence-electron chi connectivity index (χ2n) is 5.25. The second kappa shape index (κ2) is 10.6. The standard InChI is InChI=1S/C11H26BClIPSi/c1-16(2,13)11-9-7-5-3-4-6-8-10-12(14)15/h3-11,15H2,1-2H3. The van der Waals surface area contributed by atoms with Gasteiger partial charge in [-0.05, 0) is 6.04 Å². The van der Waals surface area contributed by atoms with Crippen molar-refractivity contribution in [1.82, 2.24) is 0 Å². The van der Waals surface area contributed by atoms with Crippen LogP contribution in [0.3, 0.4) is 0 Å². The van der Waals surface area contributed by atoms with Gasteiger partial charge in [-0.15, -0.1) is 22.4 Å². The Labute approximate surface area is 124 Å². The van der Waals surface area contributed by atoms with Crippen LogP contribution in [-0.2, 0) is 0 Å². The smallest absolute Gasteiger partial charge is 0.168 e. The molecule has 0 amide bonds. The fourth-order valence-corrected chi connectivity index (χ4v) is 3.94.